The topological polar surface area (TPSA) is 69.6 Å². The van der Waals surface area contributed by atoms with E-state index in [4.69, 9.17) is 4.52 Å². The van der Waals surface area contributed by atoms with Crippen molar-refractivity contribution in [1.82, 2.24) is 25.4 Å². The molecular formula is C18H15N5O. The molecule has 24 heavy (non-hydrogen) atoms. The average molecular weight is 317 g/mol. The Bertz CT molecular complexity index is 941. The predicted octanol–water partition coefficient (Wildman–Crippen LogP) is 3.35. The summed E-state index contributed by atoms with van der Waals surface area (Å²) >= 11 is 0. The van der Waals surface area contributed by atoms with Crippen LogP contribution in [0, 0.1) is 6.92 Å². The predicted molar refractivity (Wildman–Crippen MR) is 89.0 cm³/mol. The van der Waals surface area contributed by atoms with Crippen LogP contribution >= 0.6 is 0 Å². The molecule has 0 bridgehead atoms. The molecule has 0 aliphatic rings. The van der Waals surface area contributed by atoms with Gasteiger partial charge in [-0.2, -0.15) is 4.80 Å². The van der Waals surface area contributed by atoms with Gasteiger partial charge in [-0.25, -0.2) is 0 Å². The normalized spacial score (nSPS) is 10.9. The molecule has 2 heterocycles. The van der Waals surface area contributed by atoms with Gasteiger partial charge in [0.1, 0.15) is 12.2 Å². The maximum Gasteiger partial charge on any atom is 0.204 e. The van der Waals surface area contributed by atoms with Crippen LogP contribution in [-0.2, 0) is 6.54 Å². The summed E-state index contributed by atoms with van der Waals surface area (Å²) in [7, 11) is 0. The molecule has 2 aromatic heterocycles. The van der Waals surface area contributed by atoms with Gasteiger partial charge in [-0.05, 0) is 12.1 Å². The highest BCUT2D eigenvalue weighted by Crippen LogP contribution is 2.20. The highest BCUT2D eigenvalue weighted by Gasteiger charge is 2.10. The molecule has 2 aromatic carbocycles. The Balaban J connectivity index is 1.52. The second-order valence-corrected chi connectivity index (χ2v) is 5.56. The number of aryl methyl sites for hydroxylation is 1. The number of tetrazole rings is 1. The Morgan fingerprint density at radius 1 is 0.958 bits per heavy atom. The lowest BCUT2D eigenvalue weighted by Crippen LogP contribution is -2.04. The van der Waals surface area contributed by atoms with Crippen molar-refractivity contribution in [3.63, 3.8) is 0 Å². The van der Waals surface area contributed by atoms with E-state index >= 15 is 0 Å². The maximum absolute atomic E-state index is 5.39. The number of aromatic nitrogens is 5. The minimum absolute atomic E-state index is 0.412. The van der Waals surface area contributed by atoms with E-state index in [1.807, 2.05) is 67.6 Å². The Hall–Kier alpha value is -3.28. The second kappa shape index (κ2) is 6.08. The first-order valence-corrected chi connectivity index (χ1v) is 7.64. The van der Waals surface area contributed by atoms with Crippen LogP contribution in [0.4, 0.5) is 0 Å². The zero-order chi connectivity index (χ0) is 16.4. The average Bonchev–Trinajstić information content (AvgIpc) is 3.27. The lowest BCUT2D eigenvalue weighted by Gasteiger charge is -1.95. The Kier molecular flexibility index (Phi) is 3.63. The smallest absolute Gasteiger partial charge is 0.204 e. The van der Waals surface area contributed by atoms with Crippen LogP contribution in [0.2, 0.25) is 0 Å². The van der Waals surface area contributed by atoms with E-state index in [9.17, 15) is 0 Å². The van der Waals surface area contributed by atoms with Crippen molar-refractivity contribution < 1.29 is 4.52 Å². The first-order chi connectivity index (χ1) is 11.8. The number of rotatable bonds is 4. The summed E-state index contributed by atoms with van der Waals surface area (Å²) in [6.07, 6.45) is 0. The van der Waals surface area contributed by atoms with Crippen molar-refractivity contribution in [3.05, 3.63) is 71.9 Å². The van der Waals surface area contributed by atoms with Crippen molar-refractivity contribution in [2.45, 2.75) is 13.5 Å². The van der Waals surface area contributed by atoms with E-state index in [0.29, 0.717) is 12.4 Å². The minimum atomic E-state index is 0.412. The fourth-order valence-corrected chi connectivity index (χ4v) is 2.40. The largest absolute Gasteiger partial charge is 0.356 e. The third kappa shape index (κ3) is 2.94. The molecule has 0 aliphatic carbocycles. The van der Waals surface area contributed by atoms with Gasteiger partial charge in [0.25, 0.3) is 0 Å². The third-order valence-corrected chi connectivity index (χ3v) is 3.68. The molecule has 0 spiro atoms. The Morgan fingerprint density at radius 3 is 2.54 bits per heavy atom. The highest BCUT2D eigenvalue weighted by molar-refractivity contribution is 5.57. The van der Waals surface area contributed by atoms with Crippen molar-refractivity contribution in [1.29, 1.82) is 0 Å². The standard InChI is InChI=1S/C18H15N5O/c1-13-7-9-15(10-8-13)18-19-22-23(20-18)12-16-11-17(24-21-16)14-5-3-2-4-6-14/h2-11H,12H2,1H3. The summed E-state index contributed by atoms with van der Waals surface area (Å²) in [5, 5.41) is 16.7. The van der Waals surface area contributed by atoms with Crippen molar-refractivity contribution in [3.8, 4) is 22.7 Å². The number of benzene rings is 2. The molecule has 6 nitrogen and oxygen atoms in total. The summed E-state index contributed by atoms with van der Waals surface area (Å²) in [6, 6.07) is 19.8. The van der Waals surface area contributed by atoms with Gasteiger partial charge < -0.3 is 4.52 Å². The molecule has 0 radical (unpaired) electrons. The van der Waals surface area contributed by atoms with Crippen LogP contribution in [0.15, 0.2) is 65.2 Å². The molecule has 0 fully saturated rings. The van der Waals surface area contributed by atoms with Gasteiger partial charge in [-0.3, -0.25) is 0 Å². The zero-order valence-corrected chi connectivity index (χ0v) is 13.1. The van der Waals surface area contributed by atoms with Gasteiger partial charge in [0.2, 0.25) is 5.82 Å². The van der Waals surface area contributed by atoms with Crippen molar-refractivity contribution >= 4 is 0 Å². The van der Waals surface area contributed by atoms with Crippen molar-refractivity contribution in [2.75, 3.05) is 0 Å². The maximum atomic E-state index is 5.39. The molecule has 0 saturated heterocycles. The van der Waals surface area contributed by atoms with E-state index in [0.717, 1.165) is 22.6 Å². The molecule has 4 rings (SSSR count). The zero-order valence-electron chi connectivity index (χ0n) is 13.1. The fourth-order valence-electron chi connectivity index (χ4n) is 2.40. The Labute approximate surface area is 138 Å². The quantitative estimate of drug-likeness (QED) is 0.577. The molecule has 4 aromatic rings. The van der Waals surface area contributed by atoms with E-state index in [-0.39, 0.29) is 0 Å². The lowest BCUT2D eigenvalue weighted by molar-refractivity contribution is 0.415. The molecule has 118 valence electrons. The summed E-state index contributed by atoms with van der Waals surface area (Å²) in [4.78, 5) is 1.52. The first-order valence-electron chi connectivity index (χ1n) is 7.64. The van der Waals surface area contributed by atoms with E-state index < -0.39 is 0 Å². The van der Waals surface area contributed by atoms with Gasteiger partial charge in [0, 0.05) is 17.2 Å². The molecule has 0 unspecified atom stereocenters. The molecular weight excluding hydrogens is 302 g/mol. The summed E-state index contributed by atoms with van der Waals surface area (Å²) in [6.45, 7) is 2.46. The number of hydrogen-bond acceptors (Lipinski definition) is 5. The molecule has 0 saturated carbocycles. The van der Waals surface area contributed by atoms with E-state index in [1.54, 1.807) is 0 Å². The van der Waals surface area contributed by atoms with Crippen LogP contribution in [0.1, 0.15) is 11.3 Å². The van der Waals surface area contributed by atoms with Gasteiger partial charge in [0.05, 0.1) is 0 Å². The molecule has 0 amide bonds. The summed E-state index contributed by atoms with van der Waals surface area (Å²) in [5.74, 6) is 1.33. The second-order valence-electron chi connectivity index (χ2n) is 5.56. The first kappa shape index (κ1) is 14.3. The number of hydrogen-bond donors (Lipinski definition) is 0. The molecule has 6 heteroatoms. The monoisotopic (exact) mass is 317 g/mol. The van der Waals surface area contributed by atoms with Gasteiger partial charge in [-0.1, -0.05) is 65.3 Å². The summed E-state index contributed by atoms with van der Waals surface area (Å²) < 4.78 is 5.39. The van der Waals surface area contributed by atoms with Crippen LogP contribution in [0.25, 0.3) is 22.7 Å². The number of nitrogens with zero attached hydrogens (tertiary/aromatic N) is 5. The lowest BCUT2D eigenvalue weighted by atomic mass is 10.1. The van der Waals surface area contributed by atoms with Crippen LogP contribution in [0.5, 0.6) is 0 Å². The van der Waals surface area contributed by atoms with E-state index in [2.05, 4.69) is 20.6 Å². The van der Waals surface area contributed by atoms with Crippen LogP contribution < -0.4 is 0 Å². The third-order valence-electron chi connectivity index (χ3n) is 3.68. The van der Waals surface area contributed by atoms with Gasteiger partial charge in [-0.15, -0.1) is 10.2 Å². The van der Waals surface area contributed by atoms with Crippen LogP contribution in [-0.4, -0.2) is 25.4 Å². The SMILES string of the molecule is Cc1ccc(-c2nnn(Cc3cc(-c4ccccc4)on3)n2)cc1. The minimum Gasteiger partial charge on any atom is -0.356 e. The van der Waals surface area contributed by atoms with Gasteiger partial charge >= 0.3 is 0 Å². The van der Waals surface area contributed by atoms with Gasteiger partial charge in [0.15, 0.2) is 5.76 Å². The van der Waals surface area contributed by atoms with Crippen LogP contribution in [0.3, 0.4) is 0 Å². The van der Waals surface area contributed by atoms with E-state index in [1.165, 1.54) is 10.4 Å². The Morgan fingerprint density at radius 2 is 1.75 bits per heavy atom. The summed E-state index contributed by atoms with van der Waals surface area (Å²) in [5.41, 5.74) is 3.88. The fraction of sp³-hybridized carbons (Fsp3) is 0.111. The highest BCUT2D eigenvalue weighted by atomic mass is 16.5. The van der Waals surface area contributed by atoms with Crippen molar-refractivity contribution in [2.24, 2.45) is 0 Å². The molecule has 0 N–H and O–H groups in total. The molecule has 0 aliphatic heterocycles. The molecule has 0 atom stereocenters.